The Hall–Kier alpha value is -2.99. The Balaban J connectivity index is 1.58. The number of piperidine rings is 1. The van der Waals surface area contributed by atoms with Crippen molar-refractivity contribution < 1.29 is 35.8 Å². The molecule has 2 heterocycles. The molecule has 2 amide bonds. The fraction of sp³-hybridized carbons (Fsp3) is 0.556. The number of hydrogen-bond donors (Lipinski definition) is 1. The number of halogens is 2. The summed E-state index contributed by atoms with van der Waals surface area (Å²) in [6.45, 7) is 9.94. The Bertz CT molecular complexity index is 1310. The van der Waals surface area contributed by atoms with E-state index in [1.54, 1.807) is 34.6 Å². The smallest absolute Gasteiger partial charge is 0.414 e. The van der Waals surface area contributed by atoms with Gasteiger partial charge in [-0.15, -0.1) is 3.89 Å². The first kappa shape index (κ1) is 29.0. The van der Waals surface area contributed by atoms with Crippen molar-refractivity contribution >= 4 is 22.2 Å². The Kier molecular flexibility index (Phi) is 7.83. The number of allylic oxidation sites excluding steroid dienone is 2. The number of nitrogens with one attached hydrogen (secondary N) is 1. The first-order valence-corrected chi connectivity index (χ1v) is 14.4. The van der Waals surface area contributed by atoms with Crippen LogP contribution < -0.4 is 10.1 Å². The fourth-order valence-electron chi connectivity index (χ4n) is 5.43. The predicted octanol–water partition coefficient (Wildman–Crippen LogP) is 4.42. The van der Waals surface area contributed by atoms with Gasteiger partial charge in [-0.1, -0.05) is 0 Å². The van der Waals surface area contributed by atoms with E-state index >= 15 is 4.39 Å². The number of ether oxygens (including phenoxy) is 2. The number of likely N-dealkylation sites (N-methyl/N-ethyl adjacent to an activating group) is 1. The first-order valence-electron chi connectivity index (χ1n) is 13.0. The van der Waals surface area contributed by atoms with Gasteiger partial charge in [0.25, 0.3) is 0 Å². The molecule has 39 heavy (non-hydrogen) atoms. The molecule has 0 aromatic heterocycles. The van der Waals surface area contributed by atoms with Gasteiger partial charge < -0.3 is 14.8 Å². The molecule has 1 aliphatic carbocycles. The first-order chi connectivity index (χ1) is 18.1. The molecule has 0 radical (unpaired) electrons. The van der Waals surface area contributed by atoms with Crippen LogP contribution in [-0.2, 0) is 19.8 Å². The molecule has 3 atom stereocenters. The average molecular weight is 568 g/mol. The standard InChI is InChI=1S/C27H35F2N3O6S/c1-6-32(25(34)38-26(2,3)4)22-15-17(28)14-21-23(22)30-24(33)27(21,5)31-13-7-8-19(16-31)37-18-9-11-20(12-10-18)39(29,35)36/h9-12,15,19,21H,6-8,13-14,16H2,1-5H3,(H,30,33)/t19-,21?,27?/m1/s1. The van der Waals surface area contributed by atoms with Crippen molar-refractivity contribution in [2.45, 2.75) is 76.0 Å². The lowest BCUT2D eigenvalue weighted by molar-refractivity contribution is -0.132. The summed E-state index contributed by atoms with van der Waals surface area (Å²) >= 11 is 0. The Morgan fingerprint density at radius 1 is 1.26 bits per heavy atom. The van der Waals surface area contributed by atoms with E-state index in [2.05, 4.69) is 5.32 Å². The lowest BCUT2D eigenvalue weighted by Gasteiger charge is -2.45. The highest BCUT2D eigenvalue weighted by atomic mass is 32.3. The zero-order valence-electron chi connectivity index (χ0n) is 22.8. The van der Waals surface area contributed by atoms with E-state index in [0.29, 0.717) is 37.4 Å². The lowest BCUT2D eigenvalue weighted by atomic mass is 9.78. The normalized spacial score (nSPS) is 26.0. The van der Waals surface area contributed by atoms with Crippen LogP contribution in [0.3, 0.4) is 0 Å². The molecule has 1 aromatic rings. The van der Waals surface area contributed by atoms with Gasteiger partial charge in [0, 0.05) is 31.1 Å². The third-order valence-electron chi connectivity index (χ3n) is 7.37. The number of benzene rings is 1. The molecule has 2 aliphatic heterocycles. The van der Waals surface area contributed by atoms with Crippen molar-refractivity contribution in [2.24, 2.45) is 5.92 Å². The van der Waals surface area contributed by atoms with E-state index in [9.17, 15) is 21.9 Å². The number of carbonyl (C=O) groups excluding carboxylic acids is 2. The molecule has 9 nitrogen and oxygen atoms in total. The molecule has 12 heteroatoms. The number of nitrogens with zero attached hydrogens (tertiary/aromatic N) is 2. The van der Waals surface area contributed by atoms with E-state index in [-0.39, 0.29) is 30.7 Å². The maximum Gasteiger partial charge on any atom is 0.414 e. The van der Waals surface area contributed by atoms with Crippen LogP contribution >= 0.6 is 0 Å². The quantitative estimate of drug-likeness (QED) is 0.508. The Labute approximate surface area is 228 Å². The second-order valence-corrected chi connectivity index (χ2v) is 12.6. The van der Waals surface area contributed by atoms with Gasteiger partial charge in [-0.2, -0.15) is 8.42 Å². The third-order valence-corrected chi connectivity index (χ3v) is 8.20. The minimum absolute atomic E-state index is 0.00113. The third kappa shape index (κ3) is 5.96. The van der Waals surface area contributed by atoms with Crippen molar-refractivity contribution in [2.75, 3.05) is 19.6 Å². The van der Waals surface area contributed by atoms with Gasteiger partial charge in [-0.3, -0.25) is 14.6 Å². The van der Waals surface area contributed by atoms with Gasteiger partial charge in [0.05, 0.1) is 10.6 Å². The number of amides is 2. The van der Waals surface area contributed by atoms with Crippen LogP contribution in [0.5, 0.6) is 5.75 Å². The molecule has 214 valence electrons. The topological polar surface area (TPSA) is 105 Å². The minimum Gasteiger partial charge on any atom is -0.489 e. The molecule has 0 bridgehead atoms. The van der Waals surface area contributed by atoms with Crippen LogP contribution in [0.2, 0.25) is 0 Å². The van der Waals surface area contributed by atoms with Gasteiger partial charge in [-0.25, -0.2) is 9.18 Å². The van der Waals surface area contributed by atoms with Crippen molar-refractivity contribution in [1.29, 1.82) is 0 Å². The molecule has 0 spiro atoms. The van der Waals surface area contributed by atoms with Crippen molar-refractivity contribution in [1.82, 2.24) is 15.1 Å². The highest BCUT2D eigenvalue weighted by molar-refractivity contribution is 7.86. The van der Waals surface area contributed by atoms with Gasteiger partial charge >= 0.3 is 16.3 Å². The van der Waals surface area contributed by atoms with E-state index in [0.717, 1.165) is 12.1 Å². The van der Waals surface area contributed by atoms with Crippen LogP contribution in [0.25, 0.3) is 0 Å². The predicted molar refractivity (Wildman–Crippen MR) is 139 cm³/mol. The maximum absolute atomic E-state index is 15.1. The monoisotopic (exact) mass is 567 g/mol. The zero-order valence-corrected chi connectivity index (χ0v) is 23.6. The molecular formula is C27H35F2N3O6S. The molecule has 1 N–H and O–H groups in total. The summed E-state index contributed by atoms with van der Waals surface area (Å²) in [5.41, 5.74) is -1.08. The molecule has 2 saturated heterocycles. The van der Waals surface area contributed by atoms with Gasteiger partial charge in [0.2, 0.25) is 5.91 Å². The van der Waals surface area contributed by atoms with Crippen LogP contribution in [0.4, 0.5) is 13.1 Å². The number of fused-ring (bicyclic) bond motifs is 1. The van der Waals surface area contributed by atoms with Crippen LogP contribution in [0.1, 0.15) is 53.9 Å². The Morgan fingerprint density at radius 2 is 1.92 bits per heavy atom. The molecular weight excluding hydrogens is 532 g/mol. The summed E-state index contributed by atoms with van der Waals surface area (Å²) in [7, 11) is -4.81. The van der Waals surface area contributed by atoms with Crippen LogP contribution in [0.15, 0.2) is 52.5 Å². The molecule has 0 saturated carbocycles. The largest absolute Gasteiger partial charge is 0.489 e. The van der Waals surface area contributed by atoms with E-state index in [4.69, 9.17) is 9.47 Å². The zero-order chi connectivity index (χ0) is 28.8. The number of rotatable bonds is 6. The number of hydrogen-bond acceptors (Lipinski definition) is 7. The summed E-state index contributed by atoms with van der Waals surface area (Å²) in [5.74, 6) is -0.910. The van der Waals surface area contributed by atoms with Crippen molar-refractivity contribution in [3.8, 4) is 5.75 Å². The second-order valence-electron chi connectivity index (χ2n) is 11.2. The molecule has 3 aliphatic rings. The van der Waals surface area contributed by atoms with E-state index in [1.165, 1.54) is 23.1 Å². The highest BCUT2D eigenvalue weighted by Crippen LogP contribution is 2.45. The molecule has 4 rings (SSSR count). The SMILES string of the molecule is CCN(C(=O)OC(C)(C)C)C1=C2NC(=O)C(C)(N3CCC[C@@H](Oc4ccc(S(=O)(=O)F)cc4)C3)C2CC(F)=C1. The number of carbonyl (C=O) groups is 2. The average Bonchev–Trinajstić information content (AvgIpc) is 3.09. The van der Waals surface area contributed by atoms with E-state index in [1.807, 2.05) is 4.90 Å². The van der Waals surface area contributed by atoms with Gasteiger partial charge in [0.15, 0.2) is 0 Å². The van der Waals surface area contributed by atoms with Crippen molar-refractivity contribution in [3.63, 3.8) is 0 Å². The minimum atomic E-state index is -4.81. The fourth-order valence-corrected chi connectivity index (χ4v) is 5.89. The summed E-state index contributed by atoms with van der Waals surface area (Å²) in [5, 5.41) is 2.94. The maximum atomic E-state index is 15.1. The summed E-state index contributed by atoms with van der Waals surface area (Å²) < 4.78 is 62.1. The molecule has 2 unspecified atom stereocenters. The highest BCUT2D eigenvalue weighted by Gasteiger charge is 2.56. The van der Waals surface area contributed by atoms with Gasteiger partial charge in [0.1, 0.15) is 28.8 Å². The number of likely N-dealkylation sites (tertiary alicyclic amines) is 1. The van der Waals surface area contributed by atoms with Crippen molar-refractivity contribution in [3.05, 3.63) is 47.6 Å². The van der Waals surface area contributed by atoms with Gasteiger partial charge in [-0.05, 0) is 84.3 Å². The van der Waals surface area contributed by atoms with Crippen LogP contribution in [-0.4, -0.2) is 67.1 Å². The van der Waals surface area contributed by atoms with E-state index < -0.39 is 44.1 Å². The Morgan fingerprint density at radius 3 is 2.51 bits per heavy atom. The summed E-state index contributed by atoms with van der Waals surface area (Å²) in [4.78, 5) is 29.3. The summed E-state index contributed by atoms with van der Waals surface area (Å²) in [6, 6.07) is 5.05. The molecule has 2 fully saturated rings. The molecule has 1 aromatic carbocycles. The second kappa shape index (κ2) is 10.5. The summed E-state index contributed by atoms with van der Waals surface area (Å²) in [6.07, 6.45) is 1.72. The van der Waals surface area contributed by atoms with Crippen LogP contribution in [0, 0.1) is 5.92 Å². The lowest BCUT2D eigenvalue weighted by Crippen LogP contribution is -2.59.